The first-order valence-corrected chi connectivity index (χ1v) is 4.78. The van der Waals surface area contributed by atoms with Crippen LogP contribution < -0.4 is 0 Å². The van der Waals surface area contributed by atoms with Gasteiger partial charge in [-0.1, -0.05) is 39.3 Å². The molecule has 0 aliphatic carbocycles. The predicted octanol–water partition coefficient (Wildman–Crippen LogP) is 3.80. The van der Waals surface area contributed by atoms with E-state index >= 15 is 0 Å². The number of benzene rings is 1. The zero-order valence-corrected chi connectivity index (χ0v) is 8.60. The van der Waals surface area contributed by atoms with Gasteiger partial charge in [-0.3, -0.25) is 0 Å². The first-order valence-electron chi connectivity index (χ1n) is 4.78. The van der Waals surface area contributed by atoms with Crippen LogP contribution >= 0.6 is 0 Å². The molecule has 0 aliphatic heterocycles. The van der Waals surface area contributed by atoms with E-state index in [1.54, 1.807) is 12.1 Å². The molecule has 0 nitrogen and oxygen atoms in total. The van der Waals surface area contributed by atoms with Crippen LogP contribution in [-0.2, 0) is 6.42 Å². The highest BCUT2D eigenvalue weighted by Crippen LogP contribution is 2.25. The molecule has 0 unspecified atom stereocenters. The van der Waals surface area contributed by atoms with Gasteiger partial charge < -0.3 is 0 Å². The van der Waals surface area contributed by atoms with Crippen molar-refractivity contribution >= 4 is 0 Å². The number of rotatable bonds is 3. The molecule has 0 atom stereocenters. The zero-order valence-electron chi connectivity index (χ0n) is 8.60. The summed E-state index contributed by atoms with van der Waals surface area (Å²) in [6.07, 6.45) is 2.06. The summed E-state index contributed by atoms with van der Waals surface area (Å²) in [5.74, 6) is -0.135. The van der Waals surface area contributed by atoms with Crippen molar-refractivity contribution in [2.45, 2.75) is 33.6 Å². The fourth-order valence-electron chi connectivity index (χ4n) is 1.32. The van der Waals surface area contributed by atoms with E-state index in [0.717, 1.165) is 18.4 Å². The quantitative estimate of drug-likeness (QED) is 0.663. The van der Waals surface area contributed by atoms with E-state index < -0.39 is 0 Å². The van der Waals surface area contributed by atoms with E-state index in [9.17, 15) is 4.39 Å². The van der Waals surface area contributed by atoms with Crippen LogP contribution in [-0.4, -0.2) is 0 Å². The molecule has 0 radical (unpaired) electrons. The van der Waals surface area contributed by atoms with E-state index in [0.29, 0.717) is 0 Å². The van der Waals surface area contributed by atoms with Crippen LogP contribution in [0.4, 0.5) is 4.39 Å². The molecule has 1 rings (SSSR count). The summed E-state index contributed by atoms with van der Waals surface area (Å²) in [5.41, 5.74) is 1.36. The molecule has 1 heteroatoms. The van der Waals surface area contributed by atoms with Crippen LogP contribution in [0.25, 0.3) is 0 Å². The van der Waals surface area contributed by atoms with E-state index in [1.807, 2.05) is 6.07 Å². The molecule has 0 aromatic heterocycles. The van der Waals surface area contributed by atoms with Crippen LogP contribution in [0, 0.1) is 11.2 Å². The van der Waals surface area contributed by atoms with Gasteiger partial charge in [0.2, 0.25) is 0 Å². The molecular formula is C12H17F. The Morgan fingerprint density at radius 1 is 1.31 bits per heavy atom. The minimum absolute atomic E-state index is 0.135. The minimum Gasteiger partial charge on any atom is -0.207 e. The lowest BCUT2D eigenvalue weighted by Gasteiger charge is -2.22. The monoisotopic (exact) mass is 180 g/mol. The predicted molar refractivity (Wildman–Crippen MR) is 54.2 cm³/mol. The van der Waals surface area contributed by atoms with Crippen LogP contribution in [0.3, 0.4) is 0 Å². The first-order chi connectivity index (χ1) is 6.03. The molecule has 0 aliphatic rings. The van der Waals surface area contributed by atoms with Gasteiger partial charge in [-0.05, 0) is 29.5 Å². The maximum absolute atomic E-state index is 12.8. The summed E-state index contributed by atoms with van der Waals surface area (Å²) in [4.78, 5) is 0. The fourth-order valence-corrected chi connectivity index (χ4v) is 1.32. The van der Waals surface area contributed by atoms with Crippen LogP contribution in [0.5, 0.6) is 0 Å². The zero-order chi connectivity index (χ0) is 9.90. The summed E-state index contributed by atoms with van der Waals surface area (Å²) in [7, 11) is 0. The molecule has 0 fully saturated rings. The Morgan fingerprint density at radius 3 is 2.54 bits per heavy atom. The third-order valence-electron chi connectivity index (χ3n) is 2.53. The Morgan fingerprint density at radius 2 is 2.00 bits per heavy atom. The molecule has 0 saturated carbocycles. The van der Waals surface area contributed by atoms with E-state index in [2.05, 4.69) is 20.8 Å². The highest BCUT2D eigenvalue weighted by Gasteiger charge is 2.15. The van der Waals surface area contributed by atoms with Crippen LogP contribution in [0.1, 0.15) is 32.8 Å². The molecule has 0 saturated heterocycles. The smallest absolute Gasteiger partial charge is 0.123 e. The first kappa shape index (κ1) is 10.2. The van der Waals surface area contributed by atoms with Gasteiger partial charge in [0.1, 0.15) is 5.82 Å². The highest BCUT2D eigenvalue weighted by atomic mass is 19.1. The van der Waals surface area contributed by atoms with Crippen molar-refractivity contribution in [2.75, 3.05) is 0 Å². The molecular weight excluding hydrogens is 163 g/mol. The minimum atomic E-state index is -0.135. The molecule has 72 valence electrons. The maximum atomic E-state index is 12.8. The third kappa shape index (κ3) is 3.17. The van der Waals surface area contributed by atoms with Crippen molar-refractivity contribution < 1.29 is 4.39 Å². The van der Waals surface area contributed by atoms with Gasteiger partial charge in [0.05, 0.1) is 0 Å². The normalized spacial score (nSPS) is 11.7. The summed E-state index contributed by atoms with van der Waals surface area (Å²) in [6, 6.07) is 6.87. The Balaban J connectivity index is 2.74. The molecule has 0 bridgehead atoms. The van der Waals surface area contributed by atoms with Crippen molar-refractivity contribution in [1.29, 1.82) is 0 Å². The molecule has 0 spiro atoms. The van der Waals surface area contributed by atoms with Crippen molar-refractivity contribution in [2.24, 2.45) is 5.41 Å². The number of halogens is 1. The summed E-state index contributed by atoms with van der Waals surface area (Å²) < 4.78 is 12.8. The van der Waals surface area contributed by atoms with Gasteiger partial charge in [-0.2, -0.15) is 0 Å². The average Bonchev–Trinajstić information content (AvgIpc) is 2.03. The van der Waals surface area contributed by atoms with E-state index in [4.69, 9.17) is 0 Å². The summed E-state index contributed by atoms with van der Waals surface area (Å²) in [6.45, 7) is 6.58. The third-order valence-corrected chi connectivity index (χ3v) is 2.53. The second-order valence-electron chi connectivity index (χ2n) is 4.32. The standard InChI is InChI=1S/C12H17F/c1-4-12(2,3)9-10-6-5-7-11(13)8-10/h5-8H,4,9H2,1-3H3. The Kier molecular flexibility index (Phi) is 3.07. The highest BCUT2D eigenvalue weighted by molar-refractivity contribution is 5.17. The molecule has 0 heterocycles. The number of hydrogen-bond acceptors (Lipinski definition) is 0. The number of hydrogen-bond donors (Lipinski definition) is 0. The second kappa shape index (κ2) is 3.91. The summed E-state index contributed by atoms with van der Waals surface area (Å²) in [5, 5.41) is 0. The molecule has 13 heavy (non-hydrogen) atoms. The Hall–Kier alpha value is -0.850. The topological polar surface area (TPSA) is 0 Å². The Bertz CT molecular complexity index is 276. The van der Waals surface area contributed by atoms with Gasteiger partial charge >= 0.3 is 0 Å². The van der Waals surface area contributed by atoms with Gasteiger partial charge in [0.15, 0.2) is 0 Å². The average molecular weight is 180 g/mol. The molecule has 0 amide bonds. The van der Waals surface area contributed by atoms with Crippen LogP contribution in [0.15, 0.2) is 24.3 Å². The van der Waals surface area contributed by atoms with E-state index in [1.165, 1.54) is 6.07 Å². The second-order valence-corrected chi connectivity index (χ2v) is 4.32. The molecule has 1 aromatic carbocycles. The van der Waals surface area contributed by atoms with Crippen molar-refractivity contribution in [3.63, 3.8) is 0 Å². The van der Waals surface area contributed by atoms with Crippen molar-refractivity contribution in [1.82, 2.24) is 0 Å². The molecule has 0 N–H and O–H groups in total. The largest absolute Gasteiger partial charge is 0.207 e. The van der Waals surface area contributed by atoms with Gasteiger partial charge in [0, 0.05) is 0 Å². The van der Waals surface area contributed by atoms with Gasteiger partial charge in [-0.15, -0.1) is 0 Å². The van der Waals surface area contributed by atoms with Gasteiger partial charge in [0.25, 0.3) is 0 Å². The summed E-state index contributed by atoms with van der Waals surface area (Å²) >= 11 is 0. The van der Waals surface area contributed by atoms with Gasteiger partial charge in [-0.25, -0.2) is 4.39 Å². The lowest BCUT2D eigenvalue weighted by molar-refractivity contribution is 0.349. The lowest BCUT2D eigenvalue weighted by atomic mass is 9.83. The SMILES string of the molecule is CCC(C)(C)Cc1cccc(F)c1. The maximum Gasteiger partial charge on any atom is 0.123 e. The molecule has 1 aromatic rings. The van der Waals surface area contributed by atoms with Crippen LogP contribution in [0.2, 0.25) is 0 Å². The Labute approximate surface area is 79.8 Å². The van der Waals surface area contributed by atoms with E-state index in [-0.39, 0.29) is 11.2 Å². The lowest BCUT2D eigenvalue weighted by Crippen LogP contribution is -2.13. The van der Waals surface area contributed by atoms with Crippen molar-refractivity contribution in [3.05, 3.63) is 35.6 Å². The van der Waals surface area contributed by atoms with Crippen molar-refractivity contribution in [3.8, 4) is 0 Å². The fraction of sp³-hybridized carbons (Fsp3) is 0.500.